The molecule has 1 aromatic carbocycles. The molecule has 0 spiro atoms. The summed E-state index contributed by atoms with van der Waals surface area (Å²) in [6, 6.07) is 11.2. The van der Waals surface area contributed by atoms with Crippen LogP contribution < -0.4 is 4.74 Å². The number of halogens is 1. The van der Waals surface area contributed by atoms with Gasteiger partial charge in [-0.25, -0.2) is 0 Å². The lowest BCUT2D eigenvalue weighted by Crippen LogP contribution is -2.39. The van der Waals surface area contributed by atoms with E-state index in [4.69, 9.17) is 9.15 Å². The van der Waals surface area contributed by atoms with Crippen molar-refractivity contribution in [3.05, 3.63) is 52.4 Å². The minimum Gasteiger partial charge on any atom is -0.486 e. The van der Waals surface area contributed by atoms with E-state index in [2.05, 4.69) is 22.9 Å². The van der Waals surface area contributed by atoms with Crippen LogP contribution in [0, 0.1) is 5.92 Å². The molecule has 0 aliphatic carbocycles. The van der Waals surface area contributed by atoms with Crippen molar-refractivity contribution in [1.29, 1.82) is 0 Å². The number of rotatable bonds is 5. The predicted octanol–water partition coefficient (Wildman–Crippen LogP) is 4.88. The first kappa shape index (κ1) is 17.1. The first-order valence-corrected chi connectivity index (χ1v) is 9.21. The van der Waals surface area contributed by atoms with E-state index in [1.165, 1.54) is 6.42 Å². The van der Waals surface area contributed by atoms with E-state index in [0.29, 0.717) is 24.0 Å². The molecule has 2 heterocycles. The monoisotopic (exact) mass is 391 g/mol. The molecule has 128 valence electrons. The van der Waals surface area contributed by atoms with E-state index >= 15 is 0 Å². The van der Waals surface area contributed by atoms with E-state index in [1.807, 2.05) is 35.2 Å². The van der Waals surface area contributed by atoms with Crippen LogP contribution >= 0.6 is 15.9 Å². The molecule has 1 unspecified atom stereocenters. The second-order valence-corrected chi connectivity index (χ2v) is 7.09. The standard InChI is InChI=1S/C19H22BrNO3/c1-2-14-4-3-11-21(12-14)19(22)18-10-9-17(24-18)13-23-16-7-5-15(20)6-8-16/h5-10,14H,2-4,11-13H2,1H3. The fraction of sp³-hybridized carbons (Fsp3) is 0.421. The molecule has 0 saturated carbocycles. The number of likely N-dealkylation sites (tertiary alicyclic amines) is 1. The van der Waals surface area contributed by atoms with Gasteiger partial charge in [0.25, 0.3) is 5.91 Å². The van der Waals surface area contributed by atoms with Crippen LogP contribution in [0.5, 0.6) is 5.75 Å². The Bertz CT molecular complexity index is 680. The predicted molar refractivity (Wildman–Crippen MR) is 96.1 cm³/mol. The van der Waals surface area contributed by atoms with Crippen LogP contribution in [0.2, 0.25) is 0 Å². The van der Waals surface area contributed by atoms with Gasteiger partial charge in [0.2, 0.25) is 0 Å². The maximum absolute atomic E-state index is 12.6. The van der Waals surface area contributed by atoms with Gasteiger partial charge in [-0.3, -0.25) is 4.79 Å². The first-order chi connectivity index (χ1) is 11.7. The lowest BCUT2D eigenvalue weighted by atomic mass is 9.95. The van der Waals surface area contributed by atoms with Gasteiger partial charge in [-0.1, -0.05) is 29.3 Å². The fourth-order valence-corrected chi connectivity index (χ4v) is 3.26. The number of carbonyl (C=O) groups excluding carboxylic acids is 1. The second kappa shape index (κ2) is 7.88. The number of benzene rings is 1. The van der Waals surface area contributed by atoms with Crippen molar-refractivity contribution >= 4 is 21.8 Å². The number of amides is 1. The Balaban J connectivity index is 1.58. The SMILES string of the molecule is CCC1CCCN(C(=O)c2ccc(COc3ccc(Br)cc3)o2)C1. The molecule has 0 radical (unpaired) electrons. The highest BCUT2D eigenvalue weighted by Gasteiger charge is 2.25. The molecule has 3 rings (SSSR count). The zero-order valence-corrected chi connectivity index (χ0v) is 15.4. The van der Waals surface area contributed by atoms with E-state index in [0.717, 1.165) is 36.2 Å². The molecule has 1 aliphatic rings. The van der Waals surface area contributed by atoms with Crippen molar-refractivity contribution < 1.29 is 13.9 Å². The van der Waals surface area contributed by atoms with E-state index < -0.39 is 0 Å². The van der Waals surface area contributed by atoms with Crippen LogP contribution in [-0.2, 0) is 6.61 Å². The second-order valence-electron chi connectivity index (χ2n) is 6.18. The van der Waals surface area contributed by atoms with E-state index in [9.17, 15) is 4.79 Å². The Morgan fingerprint density at radius 1 is 1.29 bits per heavy atom. The molecule has 1 atom stereocenters. The van der Waals surface area contributed by atoms with Gasteiger partial charge < -0.3 is 14.1 Å². The molecule has 1 fully saturated rings. The summed E-state index contributed by atoms with van der Waals surface area (Å²) >= 11 is 3.39. The minimum absolute atomic E-state index is 0.0111. The Morgan fingerprint density at radius 3 is 2.83 bits per heavy atom. The van der Waals surface area contributed by atoms with Crippen molar-refractivity contribution in [2.75, 3.05) is 13.1 Å². The smallest absolute Gasteiger partial charge is 0.289 e. The summed E-state index contributed by atoms with van der Waals surface area (Å²) in [5, 5.41) is 0. The third-order valence-electron chi connectivity index (χ3n) is 4.45. The molecule has 24 heavy (non-hydrogen) atoms. The highest BCUT2D eigenvalue weighted by molar-refractivity contribution is 9.10. The number of hydrogen-bond donors (Lipinski definition) is 0. The largest absolute Gasteiger partial charge is 0.486 e. The molecule has 1 saturated heterocycles. The first-order valence-electron chi connectivity index (χ1n) is 8.42. The highest BCUT2D eigenvalue weighted by atomic mass is 79.9. The summed E-state index contributed by atoms with van der Waals surface area (Å²) in [7, 11) is 0. The normalized spacial score (nSPS) is 17.8. The summed E-state index contributed by atoms with van der Waals surface area (Å²) in [5.41, 5.74) is 0. The quantitative estimate of drug-likeness (QED) is 0.728. The van der Waals surface area contributed by atoms with Gasteiger partial charge >= 0.3 is 0 Å². The van der Waals surface area contributed by atoms with Gasteiger partial charge in [0.15, 0.2) is 5.76 Å². The van der Waals surface area contributed by atoms with E-state index in [-0.39, 0.29) is 5.91 Å². The summed E-state index contributed by atoms with van der Waals surface area (Å²) in [4.78, 5) is 14.5. The van der Waals surface area contributed by atoms with Gasteiger partial charge in [-0.2, -0.15) is 0 Å². The Morgan fingerprint density at radius 2 is 2.08 bits per heavy atom. The average molecular weight is 392 g/mol. The van der Waals surface area contributed by atoms with Gasteiger partial charge in [0.05, 0.1) is 0 Å². The third-order valence-corrected chi connectivity index (χ3v) is 4.98. The van der Waals surface area contributed by atoms with Gasteiger partial charge in [-0.05, 0) is 55.2 Å². The Hall–Kier alpha value is -1.75. The fourth-order valence-electron chi connectivity index (χ4n) is 2.99. The number of nitrogens with zero attached hydrogens (tertiary/aromatic N) is 1. The Kier molecular flexibility index (Phi) is 5.61. The molecule has 1 amide bonds. The number of ether oxygens (including phenoxy) is 1. The van der Waals surface area contributed by atoms with Crippen LogP contribution in [0.4, 0.5) is 0 Å². The van der Waals surface area contributed by atoms with Crippen molar-refractivity contribution in [2.24, 2.45) is 5.92 Å². The maximum atomic E-state index is 12.6. The molecule has 1 aliphatic heterocycles. The summed E-state index contributed by atoms with van der Waals surface area (Å²) in [6.07, 6.45) is 3.41. The van der Waals surface area contributed by atoms with Crippen LogP contribution in [-0.4, -0.2) is 23.9 Å². The van der Waals surface area contributed by atoms with Crippen molar-refractivity contribution in [3.8, 4) is 5.75 Å². The van der Waals surface area contributed by atoms with Crippen molar-refractivity contribution in [2.45, 2.75) is 32.8 Å². The van der Waals surface area contributed by atoms with Crippen LogP contribution in [0.3, 0.4) is 0 Å². The number of carbonyl (C=O) groups is 1. The van der Waals surface area contributed by atoms with Crippen LogP contribution in [0.15, 0.2) is 45.3 Å². The average Bonchev–Trinajstić information content (AvgIpc) is 3.09. The minimum atomic E-state index is -0.0111. The molecule has 4 nitrogen and oxygen atoms in total. The molecule has 1 aromatic heterocycles. The zero-order chi connectivity index (χ0) is 16.9. The van der Waals surface area contributed by atoms with Gasteiger partial charge in [-0.15, -0.1) is 0 Å². The third kappa shape index (κ3) is 4.20. The summed E-state index contributed by atoms with van der Waals surface area (Å²) in [6.45, 7) is 4.15. The molecular formula is C19H22BrNO3. The maximum Gasteiger partial charge on any atom is 0.289 e. The summed E-state index contributed by atoms with van der Waals surface area (Å²) < 4.78 is 12.4. The van der Waals surface area contributed by atoms with Crippen LogP contribution in [0.25, 0.3) is 0 Å². The molecule has 0 bridgehead atoms. The highest BCUT2D eigenvalue weighted by Crippen LogP contribution is 2.22. The van der Waals surface area contributed by atoms with Crippen LogP contribution in [0.1, 0.15) is 42.5 Å². The Labute approximate surface area is 150 Å². The number of furan rings is 1. The van der Waals surface area contributed by atoms with Crippen molar-refractivity contribution in [1.82, 2.24) is 4.90 Å². The van der Waals surface area contributed by atoms with E-state index in [1.54, 1.807) is 6.07 Å². The lowest BCUT2D eigenvalue weighted by molar-refractivity contribution is 0.0635. The van der Waals surface area contributed by atoms with Gasteiger partial charge in [0, 0.05) is 17.6 Å². The molecule has 0 N–H and O–H groups in total. The molecule has 5 heteroatoms. The number of piperidine rings is 1. The molecule has 2 aromatic rings. The molecular weight excluding hydrogens is 370 g/mol. The van der Waals surface area contributed by atoms with Crippen molar-refractivity contribution in [3.63, 3.8) is 0 Å². The lowest BCUT2D eigenvalue weighted by Gasteiger charge is -2.31. The topological polar surface area (TPSA) is 42.7 Å². The van der Waals surface area contributed by atoms with Gasteiger partial charge in [0.1, 0.15) is 18.1 Å². The summed E-state index contributed by atoms with van der Waals surface area (Å²) in [5.74, 6) is 2.43. The number of hydrogen-bond acceptors (Lipinski definition) is 3. The zero-order valence-electron chi connectivity index (χ0n) is 13.8.